The summed E-state index contributed by atoms with van der Waals surface area (Å²) in [6, 6.07) is 14.7. The number of aryl methyl sites for hydroxylation is 1. The minimum absolute atomic E-state index is 0.148. The molecule has 0 saturated heterocycles. The second-order valence-corrected chi connectivity index (χ2v) is 7.81. The summed E-state index contributed by atoms with van der Waals surface area (Å²) >= 11 is 0. The Balaban J connectivity index is 1.53. The average Bonchev–Trinajstić information content (AvgIpc) is 2.78. The molecule has 2 amide bonds. The highest BCUT2D eigenvalue weighted by Crippen LogP contribution is 2.35. The van der Waals surface area contributed by atoms with Crippen LogP contribution in [0, 0.1) is 0 Å². The molecule has 0 fully saturated rings. The quantitative estimate of drug-likeness (QED) is 0.765. The van der Waals surface area contributed by atoms with Gasteiger partial charge in [-0.05, 0) is 41.7 Å². The Kier molecular flexibility index (Phi) is 6.12. The van der Waals surface area contributed by atoms with Gasteiger partial charge in [-0.25, -0.2) is 5.43 Å². The zero-order valence-electron chi connectivity index (χ0n) is 17.2. The molecule has 0 aliphatic carbocycles. The average molecular weight is 405 g/mol. The zero-order chi connectivity index (χ0) is 20.9. The van der Waals surface area contributed by atoms with E-state index in [1.165, 1.54) is 18.4 Å². The molecule has 1 unspecified atom stereocenters. The molecule has 1 atom stereocenters. The summed E-state index contributed by atoms with van der Waals surface area (Å²) in [5, 5.41) is 6.97. The molecule has 2 N–H and O–H groups in total. The van der Waals surface area contributed by atoms with Gasteiger partial charge < -0.3 is 10.1 Å². The lowest BCUT2D eigenvalue weighted by molar-refractivity contribution is -0.121. The molecule has 2 aliphatic heterocycles. The molecule has 6 nitrogen and oxygen atoms in total. The number of hydrazone groups is 1. The molecular formula is C24H27N3O3. The van der Waals surface area contributed by atoms with Crippen LogP contribution in [0.5, 0.6) is 5.75 Å². The van der Waals surface area contributed by atoms with Crippen LogP contribution in [0.25, 0.3) is 11.1 Å². The number of carbonyl (C=O) groups is 2. The van der Waals surface area contributed by atoms with Gasteiger partial charge in [0.25, 0.3) is 5.91 Å². The van der Waals surface area contributed by atoms with Gasteiger partial charge in [-0.1, -0.05) is 43.7 Å². The fourth-order valence-corrected chi connectivity index (χ4v) is 3.85. The van der Waals surface area contributed by atoms with Crippen molar-refractivity contribution in [2.24, 2.45) is 5.10 Å². The number of hydrogen-bond acceptors (Lipinski definition) is 4. The van der Waals surface area contributed by atoms with Crippen LogP contribution in [0.1, 0.15) is 56.2 Å². The van der Waals surface area contributed by atoms with Gasteiger partial charge in [0.05, 0.1) is 12.6 Å². The van der Waals surface area contributed by atoms with Crippen molar-refractivity contribution in [1.82, 2.24) is 10.7 Å². The van der Waals surface area contributed by atoms with Crippen molar-refractivity contribution >= 4 is 17.5 Å². The Morgan fingerprint density at radius 3 is 2.70 bits per heavy atom. The molecule has 6 heteroatoms. The maximum atomic E-state index is 12.6. The third-order valence-corrected chi connectivity index (χ3v) is 5.63. The van der Waals surface area contributed by atoms with E-state index < -0.39 is 0 Å². The van der Waals surface area contributed by atoms with Crippen molar-refractivity contribution in [3.05, 3.63) is 53.6 Å². The topological polar surface area (TPSA) is 79.8 Å². The smallest absolute Gasteiger partial charge is 0.267 e. The molecule has 0 bridgehead atoms. The molecule has 2 heterocycles. The highest BCUT2D eigenvalue weighted by Gasteiger charge is 2.26. The molecule has 2 aromatic carbocycles. The lowest BCUT2D eigenvalue weighted by Crippen LogP contribution is -2.40. The predicted octanol–water partition coefficient (Wildman–Crippen LogP) is 3.90. The van der Waals surface area contributed by atoms with Gasteiger partial charge in [-0.3, -0.25) is 9.59 Å². The molecule has 0 spiro atoms. The Morgan fingerprint density at radius 1 is 1.17 bits per heavy atom. The monoisotopic (exact) mass is 405 g/mol. The van der Waals surface area contributed by atoms with Crippen molar-refractivity contribution in [1.29, 1.82) is 0 Å². The van der Waals surface area contributed by atoms with E-state index >= 15 is 0 Å². The molecule has 0 radical (unpaired) electrons. The maximum absolute atomic E-state index is 12.6. The summed E-state index contributed by atoms with van der Waals surface area (Å²) in [6.45, 7) is 2.75. The highest BCUT2D eigenvalue weighted by molar-refractivity contribution is 6.39. The van der Waals surface area contributed by atoms with Crippen LogP contribution in [0.2, 0.25) is 0 Å². The molecule has 2 aromatic rings. The van der Waals surface area contributed by atoms with Crippen LogP contribution in [-0.2, 0) is 16.0 Å². The summed E-state index contributed by atoms with van der Waals surface area (Å²) in [6.07, 6.45) is 4.84. The molecular weight excluding hydrogens is 378 g/mol. The van der Waals surface area contributed by atoms with E-state index in [2.05, 4.69) is 59.2 Å². The Morgan fingerprint density at radius 2 is 1.97 bits per heavy atom. The van der Waals surface area contributed by atoms with E-state index in [-0.39, 0.29) is 24.3 Å². The zero-order valence-corrected chi connectivity index (χ0v) is 17.2. The number of benzene rings is 2. The van der Waals surface area contributed by atoms with Gasteiger partial charge in [-0.2, -0.15) is 5.10 Å². The van der Waals surface area contributed by atoms with Crippen LogP contribution in [0.3, 0.4) is 0 Å². The largest absolute Gasteiger partial charge is 0.493 e. The SMILES string of the molecule is CCCCc1ccc(-c2ccc3c(c2)C(NC(=O)C2=NNC(=O)CC2)CCO3)cc1. The van der Waals surface area contributed by atoms with Gasteiger partial charge in [0.1, 0.15) is 11.5 Å². The first kappa shape index (κ1) is 20.1. The van der Waals surface area contributed by atoms with Crippen LogP contribution in [0.15, 0.2) is 47.6 Å². The van der Waals surface area contributed by atoms with E-state index in [1.807, 2.05) is 6.07 Å². The number of ether oxygens (including phenoxy) is 1. The molecule has 156 valence electrons. The van der Waals surface area contributed by atoms with Crippen molar-refractivity contribution in [2.45, 2.75) is 51.5 Å². The standard InChI is InChI=1S/C24H27N3O3/c1-2-3-4-16-5-7-17(8-6-16)18-9-11-22-19(15-18)20(13-14-30-22)25-24(29)21-10-12-23(28)27-26-21/h5-9,11,15,20H,2-4,10,12-14H2,1H3,(H,25,29)(H,27,28). The minimum atomic E-state index is -0.237. The number of hydrogen-bond donors (Lipinski definition) is 2. The van der Waals surface area contributed by atoms with E-state index in [9.17, 15) is 9.59 Å². The van der Waals surface area contributed by atoms with Gasteiger partial charge >= 0.3 is 0 Å². The van der Waals surface area contributed by atoms with E-state index in [4.69, 9.17) is 4.74 Å². The number of fused-ring (bicyclic) bond motifs is 1. The summed E-state index contributed by atoms with van der Waals surface area (Å²) < 4.78 is 5.81. The van der Waals surface area contributed by atoms with Gasteiger partial charge in [0.2, 0.25) is 5.91 Å². The Bertz CT molecular complexity index is 966. The van der Waals surface area contributed by atoms with Crippen molar-refractivity contribution in [3.63, 3.8) is 0 Å². The second-order valence-electron chi connectivity index (χ2n) is 7.81. The molecule has 4 rings (SSSR count). The summed E-state index contributed by atoms with van der Waals surface area (Å²) in [5.41, 5.74) is 7.32. The molecule has 30 heavy (non-hydrogen) atoms. The fraction of sp³-hybridized carbons (Fsp3) is 0.375. The molecule has 2 aliphatic rings. The maximum Gasteiger partial charge on any atom is 0.267 e. The van der Waals surface area contributed by atoms with Crippen molar-refractivity contribution in [3.8, 4) is 16.9 Å². The van der Waals surface area contributed by atoms with Crippen LogP contribution < -0.4 is 15.5 Å². The van der Waals surface area contributed by atoms with Crippen molar-refractivity contribution in [2.75, 3.05) is 6.61 Å². The number of amides is 2. The van der Waals surface area contributed by atoms with Gasteiger partial charge in [0.15, 0.2) is 0 Å². The second kappa shape index (κ2) is 9.11. The summed E-state index contributed by atoms with van der Waals surface area (Å²) in [5.74, 6) is 0.403. The summed E-state index contributed by atoms with van der Waals surface area (Å²) in [7, 11) is 0. The highest BCUT2D eigenvalue weighted by atomic mass is 16.5. The Labute approximate surface area is 176 Å². The first-order chi connectivity index (χ1) is 14.6. The fourth-order valence-electron chi connectivity index (χ4n) is 3.85. The van der Waals surface area contributed by atoms with Crippen molar-refractivity contribution < 1.29 is 14.3 Å². The first-order valence-electron chi connectivity index (χ1n) is 10.7. The summed E-state index contributed by atoms with van der Waals surface area (Å²) in [4.78, 5) is 23.9. The number of nitrogens with zero attached hydrogens (tertiary/aromatic N) is 1. The minimum Gasteiger partial charge on any atom is -0.493 e. The number of nitrogens with one attached hydrogen (secondary N) is 2. The van der Waals surface area contributed by atoms with Crippen LogP contribution >= 0.6 is 0 Å². The van der Waals surface area contributed by atoms with Crippen LogP contribution in [-0.4, -0.2) is 24.1 Å². The van der Waals surface area contributed by atoms with Crippen LogP contribution in [0.4, 0.5) is 0 Å². The number of rotatable bonds is 6. The van der Waals surface area contributed by atoms with E-state index in [0.717, 1.165) is 28.9 Å². The number of carbonyl (C=O) groups excluding carboxylic acids is 2. The van der Waals surface area contributed by atoms with E-state index in [1.54, 1.807) is 0 Å². The lowest BCUT2D eigenvalue weighted by atomic mass is 9.94. The van der Waals surface area contributed by atoms with Gasteiger partial charge in [0, 0.05) is 24.8 Å². The normalized spacial score (nSPS) is 18.0. The first-order valence-corrected chi connectivity index (χ1v) is 10.7. The third kappa shape index (κ3) is 4.53. The molecule has 0 aromatic heterocycles. The Hall–Kier alpha value is -3.15. The lowest BCUT2D eigenvalue weighted by Gasteiger charge is -2.27. The molecule has 0 saturated carbocycles. The number of unbranched alkanes of at least 4 members (excludes halogenated alkanes) is 1. The predicted molar refractivity (Wildman–Crippen MR) is 116 cm³/mol. The third-order valence-electron chi connectivity index (χ3n) is 5.63. The van der Waals surface area contributed by atoms with E-state index in [0.29, 0.717) is 25.2 Å². The van der Waals surface area contributed by atoms with Gasteiger partial charge in [-0.15, -0.1) is 0 Å².